The molecule has 1 aromatic carbocycles. The van der Waals surface area contributed by atoms with Gasteiger partial charge in [0.2, 0.25) is 0 Å². The molecule has 1 fully saturated rings. The molecule has 2 aromatic rings. The molecule has 3 nitrogen and oxygen atoms in total. The fourth-order valence-electron chi connectivity index (χ4n) is 2.97. The Morgan fingerprint density at radius 3 is 2.85 bits per heavy atom. The first kappa shape index (κ1) is 14.1. The fraction of sp³-hybridized carbons (Fsp3) is 0.500. The molecule has 3 atom stereocenters. The van der Waals surface area contributed by atoms with E-state index in [0.29, 0.717) is 0 Å². The molecule has 0 radical (unpaired) electrons. The maximum Gasteiger partial charge on any atom is 0.137 e. The molecular formula is C16H22NO2P. The van der Waals surface area contributed by atoms with E-state index in [1.54, 1.807) is 0 Å². The first-order valence-corrected chi connectivity index (χ1v) is 9.39. The molecule has 1 aliphatic heterocycles. The average Bonchev–Trinajstić information content (AvgIpc) is 3.01. The molecule has 1 aromatic heterocycles. The van der Waals surface area contributed by atoms with E-state index in [2.05, 4.69) is 61.3 Å². The Kier molecular flexibility index (Phi) is 4.11. The van der Waals surface area contributed by atoms with Crippen molar-refractivity contribution in [3.63, 3.8) is 0 Å². The monoisotopic (exact) mass is 291 g/mol. The number of rotatable bonds is 4. The second-order valence-corrected chi connectivity index (χ2v) is 7.35. The molecular weight excluding hydrogens is 269 g/mol. The molecule has 0 bridgehead atoms. The molecule has 0 aliphatic carbocycles. The first-order valence-electron chi connectivity index (χ1n) is 7.24. The lowest BCUT2D eigenvalue weighted by Crippen LogP contribution is -2.21. The molecule has 1 aliphatic rings. The van der Waals surface area contributed by atoms with Crippen molar-refractivity contribution in [1.29, 1.82) is 0 Å². The maximum atomic E-state index is 6.22. The lowest BCUT2D eigenvalue weighted by Gasteiger charge is -2.19. The van der Waals surface area contributed by atoms with Crippen LogP contribution in [-0.4, -0.2) is 30.1 Å². The Bertz CT molecular complexity index is 581. The zero-order valence-corrected chi connectivity index (χ0v) is 13.2. The van der Waals surface area contributed by atoms with Crippen molar-refractivity contribution in [1.82, 2.24) is 4.57 Å². The topological polar surface area (TPSA) is 23.4 Å². The Labute approximate surface area is 121 Å². The van der Waals surface area contributed by atoms with Gasteiger partial charge < -0.3 is 13.8 Å². The van der Waals surface area contributed by atoms with Crippen molar-refractivity contribution in [2.45, 2.75) is 38.2 Å². The van der Waals surface area contributed by atoms with Crippen LogP contribution in [0.25, 0.3) is 10.9 Å². The van der Waals surface area contributed by atoms with Gasteiger partial charge in [0.05, 0.1) is 17.7 Å². The van der Waals surface area contributed by atoms with Crippen LogP contribution in [0.4, 0.5) is 0 Å². The van der Waals surface area contributed by atoms with Crippen LogP contribution in [0.2, 0.25) is 0 Å². The molecule has 1 saturated heterocycles. The number of hydrogen-bond donors (Lipinski definition) is 0. The Hall–Kier alpha value is -0.890. The lowest BCUT2D eigenvalue weighted by molar-refractivity contribution is -0.0123. The second kappa shape index (κ2) is 5.85. The molecule has 0 saturated carbocycles. The van der Waals surface area contributed by atoms with Gasteiger partial charge in [-0.05, 0) is 37.3 Å². The Morgan fingerprint density at radius 1 is 1.30 bits per heavy atom. The van der Waals surface area contributed by atoms with Gasteiger partial charge in [0.15, 0.2) is 0 Å². The molecule has 3 rings (SSSR count). The normalized spacial score (nSPS) is 26.7. The number of benzene rings is 1. The highest BCUT2D eigenvalue weighted by Gasteiger charge is 2.36. The summed E-state index contributed by atoms with van der Waals surface area (Å²) in [7, 11) is -0.344. The van der Waals surface area contributed by atoms with Gasteiger partial charge in [-0.3, -0.25) is 0 Å². The molecule has 0 amide bonds. The predicted octanol–water partition coefficient (Wildman–Crippen LogP) is 4.38. The SMILES string of the molecule is CC[C@H]1O[C@@H](n2ccc3ccccc32)C[C@H]1OP(C)C. The van der Waals surface area contributed by atoms with Gasteiger partial charge in [0.25, 0.3) is 0 Å². The first-order chi connectivity index (χ1) is 9.69. The minimum absolute atomic E-state index is 0.0970. The van der Waals surface area contributed by atoms with E-state index < -0.39 is 0 Å². The summed E-state index contributed by atoms with van der Waals surface area (Å²) < 4.78 is 14.6. The van der Waals surface area contributed by atoms with E-state index in [0.717, 1.165) is 12.8 Å². The van der Waals surface area contributed by atoms with E-state index in [9.17, 15) is 0 Å². The van der Waals surface area contributed by atoms with Gasteiger partial charge in [-0.25, -0.2) is 0 Å². The van der Waals surface area contributed by atoms with Gasteiger partial charge in [0, 0.05) is 20.8 Å². The van der Waals surface area contributed by atoms with E-state index in [1.165, 1.54) is 10.9 Å². The van der Waals surface area contributed by atoms with Gasteiger partial charge in [-0.2, -0.15) is 0 Å². The minimum Gasteiger partial charge on any atom is -0.354 e. The fourth-order valence-corrected chi connectivity index (χ4v) is 3.73. The van der Waals surface area contributed by atoms with Crippen LogP contribution >= 0.6 is 8.15 Å². The standard InChI is InChI=1S/C16H22NO2P/c1-4-14-15(19-20(2)3)11-16(18-14)17-10-9-12-7-5-6-8-13(12)17/h5-10,14-16H,4,11H2,1-3H3/t14-,15-,16-/m1/s1. The number of hydrogen-bond acceptors (Lipinski definition) is 2. The summed E-state index contributed by atoms with van der Waals surface area (Å²) in [6.45, 7) is 6.48. The lowest BCUT2D eigenvalue weighted by atomic mass is 10.1. The van der Waals surface area contributed by atoms with Crippen LogP contribution in [0, 0.1) is 0 Å². The predicted molar refractivity (Wildman–Crippen MR) is 84.4 cm³/mol. The molecule has 2 heterocycles. The van der Waals surface area contributed by atoms with Crippen LogP contribution < -0.4 is 0 Å². The number of ether oxygens (including phenoxy) is 1. The third-order valence-electron chi connectivity index (χ3n) is 3.87. The van der Waals surface area contributed by atoms with Crippen molar-refractivity contribution < 1.29 is 9.26 Å². The zero-order valence-electron chi connectivity index (χ0n) is 12.3. The smallest absolute Gasteiger partial charge is 0.137 e. The second-order valence-electron chi connectivity index (χ2n) is 5.51. The minimum atomic E-state index is -0.344. The van der Waals surface area contributed by atoms with E-state index >= 15 is 0 Å². The third kappa shape index (κ3) is 2.63. The number of aromatic nitrogens is 1. The summed E-state index contributed by atoms with van der Waals surface area (Å²) in [4.78, 5) is 0. The summed E-state index contributed by atoms with van der Waals surface area (Å²) in [5.41, 5.74) is 1.24. The van der Waals surface area contributed by atoms with Crippen molar-refractivity contribution in [3.8, 4) is 0 Å². The summed E-state index contributed by atoms with van der Waals surface area (Å²) in [6.07, 6.45) is 4.62. The van der Waals surface area contributed by atoms with Crippen LogP contribution in [0.1, 0.15) is 26.0 Å². The summed E-state index contributed by atoms with van der Waals surface area (Å²) in [6, 6.07) is 10.6. The Morgan fingerprint density at radius 2 is 2.10 bits per heavy atom. The third-order valence-corrected chi connectivity index (χ3v) is 4.56. The molecule has 0 N–H and O–H groups in total. The summed E-state index contributed by atoms with van der Waals surface area (Å²) >= 11 is 0. The van der Waals surface area contributed by atoms with E-state index in [1.807, 2.05) is 0 Å². The molecule has 4 heteroatoms. The highest BCUT2D eigenvalue weighted by molar-refractivity contribution is 7.50. The van der Waals surface area contributed by atoms with Crippen LogP contribution in [0.3, 0.4) is 0 Å². The quantitative estimate of drug-likeness (QED) is 0.780. The molecule has 0 unspecified atom stereocenters. The highest BCUT2D eigenvalue weighted by Crippen LogP contribution is 2.40. The maximum absolute atomic E-state index is 6.22. The largest absolute Gasteiger partial charge is 0.354 e. The zero-order chi connectivity index (χ0) is 14.1. The number of nitrogens with zero attached hydrogens (tertiary/aromatic N) is 1. The molecule has 0 spiro atoms. The van der Waals surface area contributed by atoms with Gasteiger partial charge in [-0.1, -0.05) is 25.1 Å². The van der Waals surface area contributed by atoms with Gasteiger partial charge in [0.1, 0.15) is 6.23 Å². The van der Waals surface area contributed by atoms with Gasteiger partial charge >= 0.3 is 0 Å². The highest BCUT2D eigenvalue weighted by atomic mass is 31.1. The van der Waals surface area contributed by atoms with Crippen LogP contribution in [0.5, 0.6) is 0 Å². The summed E-state index contributed by atoms with van der Waals surface area (Å²) in [5, 5.41) is 1.27. The Balaban J connectivity index is 1.84. The van der Waals surface area contributed by atoms with Crippen molar-refractivity contribution in [3.05, 3.63) is 36.5 Å². The average molecular weight is 291 g/mol. The van der Waals surface area contributed by atoms with Crippen molar-refractivity contribution >= 4 is 19.1 Å². The van der Waals surface area contributed by atoms with Crippen LogP contribution in [-0.2, 0) is 9.26 Å². The van der Waals surface area contributed by atoms with E-state index in [4.69, 9.17) is 9.26 Å². The van der Waals surface area contributed by atoms with Gasteiger partial charge in [-0.15, -0.1) is 0 Å². The van der Waals surface area contributed by atoms with Crippen molar-refractivity contribution in [2.75, 3.05) is 13.3 Å². The van der Waals surface area contributed by atoms with Crippen LogP contribution in [0.15, 0.2) is 36.5 Å². The number of para-hydroxylation sites is 1. The van der Waals surface area contributed by atoms with E-state index in [-0.39, 0.29) is 26.6 Å². The summed E-state index contributed by atoms with van der Waals surface area (Å²) in [5.74, 6) is 0. The molecule has 108 valence electrons. The van der Waals surface area contributed by atoms with Crippen molar-refractivity contribution in [2.24, 2.45) is 0 Å². The molecule has 20 heavy (non-hydrogen) atoms. The number of fused-ring (bicyclic) bond motifs is 1.